The minimum Gasteiger partial charge on any atom is -0.326 e. The fourth-order valence-electron chi connectivity index (χ4n) is 4.28. The number of aromatic amines is 1. The number of hydrogen-bond acceptors (Lipinski definition) is 5. The molecule has 1 N–H and O–H groups in total. The molecule has 0 bridgehead atoms. The van der Waals surface area contributed by atoms with Crippen LogP contribution in [0.2, 0.25) is 0 Å². The minimum atomic E-state index is -0.642. The Morgan fingerprint density at radius 3 is 2.94 bits per heavy atom. The van der Waals surface area contributed by atoms with Crippen molar-refractivity contribution in [1.29, 1.82) is 0 Å². The number of H-pyrrole nitrogens is 1. The van der Waals surface area contributed by atoms with Gasteiger partial charge in [0.15, 0.2) is 5.82 Å². The number of aryl methyl sites for hydroxylation is 2. The van der Waals surface area contributed by atoms with Crippen LogP contribution in [-0.2, 0) is 24.3 Å². The predicted octanol–water partition coefficient (Wildman–Crippen LogP) is 3.26. The number of hydrogen-bond donors (Lipinski definition) is 1. The van der Waals surface area contributed by atoms with Crippen LogP contribution in [0.5, 0.6) is 0 Å². The fraction of sp³-hybridized carbons (Fsp3) is 0.208. The Morgan fingerprint density at radius 2 is 2.16 bits per heavy atom. The van der Waals surface area contributed by atoms with E-state index in [2.05, 4.69) is 31.8 Å². The number of carbonyl (C=O) groups is 1. The second kappa shape index (κ2) is 8.22. The van der Waals surface area contributed by atoms with E-state index < -0.39 is 5.41 Å². The van der Waals surface area contributed by atoms with Gasteiger partial charge in [-0.05, 0) is 30.7 Å². The van der Waals surface area contributed by atoms with Gasteiger partial charge in [-0.15, -0.1) is 10.2 Å². The summed E-state index contributed by atoms with van der Waals surface area (Å²) in [6.07, 6.45) is 16.7. The quantitative estimate of drug-likeness (QED) is 0.587. The van der Waals surface area contributed by atoms with Gasteiger partial charge in [0.1, 0.15) is 5.82 Å². The van der Waals surface area contributed by atoms with Crippen LogP contribution in [0.3, 0.4) is 0 Å². The van der Waals surface area contributed by atoms with E-state index in [0.29, 0.717) is 31.8 Å². The smallest absolute Gasteiger partial charge is 0.241 e. The largest absolute Gasteiger partial charge is 0.326 e. The van der Waals surface area contributed by atoms with E-state index >= 15 is 0 Å². The van der Waals surface area contributed by atoms with Gasteiger partial charge in [-0.1, -0.05) is 60.4 Å². The molecule has 1 spiro atoms. The van der Waals surface area contributed by atoms with Crippen molar-refractivity contribution in [3.8, 4) is 0 Å². The summed E-state index contributed by atoms with van der Waals surface area (Å²) in [5.74, 6) is 1.51. The Morgan fingerprint density at radius 1 is 1.25 bits per heavy atom. The van der Waals surface area contributed by atoms with Gasteiger partial charge in [0.25, 0.3) is 0 Å². The summed E-state index contributed by atoms with van der Waals surface area (Å²) in [5.41, 5.74) is 2.12. The number of fused-ring (bicyclic) bond motifs is 1. The number of allylic oxidation sites excluding steroid dienone is 6. The highest BCUT2D eigenvalue weighted by atomic mass is 16.2. The molecule has 3 heterocycles. The van der Waals surface area contributed by atoms with Crippen LogP contribution in [0, 0.1) is 5.41 Å². The van der Waals surface area contributed by atoms with Crippen molar-refractivity contribution in [2.24, 2.45) is 5.41 Å². The van der Waals surface area contributed by atoms with Crippen molar-refractivity contribution in [2.45, 2.75) is 25.9 Å². The highest BCUT2D eigenvalue weighted by Gasteiger charge is 2.44. The predicted molar refractivity (Wildman–Crippen MR) is 121 cm³/mol. The number of nitrogens with one attached hydrogen (secondary N) is 1. The maximum absolute atomic E-state index is 13.6. The normalized spacial score (nSPS) is 20.2. The van der Waals surface area contributed by atoms with Gasteiger partial charge < -0.3 is 9.47 Å². The van der Waals surface area contributed by atoms with Crippen LogP contribution in [0.1, 0.15) is 18.1 Å². The Labute approximate surface area is 185 Å². The molecule has 3 aromatic rings. The van der Waals surface area contributed by atoms with Gasteiger partial charge in [-0.3, -0.25) is 4.79 Å². The lowest BCUT2D eigenvalue weighted by molar-refractivity contribution is -0.133. The molecule has 0 saturated carbocycles. The Bertz CT molecular complexity index is 1280. The molecule has 1 aromatic carbocycles. The van der Waals surface area contributed by atoms with E-state index in [1.165, 1.54) is 0 Å². The molecule has 2 aliphatic rings. The topological polar surface area (TPSA) is 92.6 Å². The first kappa shape index (κ1) is 19.9. The Balaban J connectivity index is 1.50. The first-order valence-corrected chi connectivity index (χ1v) is 10.5. The molecule has 2 aromatic heterocycles. The van der Waals surface area contributed by atoms with Gasteiger partial charge in [0.2, 0.25) is 5.91 Å². The number of tetrazole rings is 1. The molecule has 1 aliphatic carbocycles. The number of rotatable bonds is 7. The molecule has 160 valence electrons. The third-order valence-electron chi connectivity index (χ3n) is 5.84. The van der Waals surface area contributed by atoms with Crippen LogP contribution in [0.4, 0.5) is 0 Å². The molecule has 1 aliphatic heterocycles. The summed E-state index contributed by atoms with van der Waals surface area (Å²) in [4.78, 5) is 20.3. The standard InChI is InChI=1S/C24H23N7O/c1-2-3-9-18-16-24(13-7-4-8-14-24)23(32)31(18)17-22-25-19-10-5-6-11-20(19)30(22)15-12-21-26-28-29-27-21/h2-11,13,16H,1,12,14-15,17H2,(H,26,27,28,29)/b9-3-. The third-order valence-corrected chi connectivity index (χ3v) is 5.84. The lowest BCUT2D eigenvalue weighted by Gasteiger charge is -2.26. The lowest BCUT2D eigenvalue weighted by atomic mass is 9.82. The van der Waals surface area contributed by atoms with E-state index in [9.17, 15) is 4.79 Å². The summed E-state index contributed by atoms with van der Waals surface area (Å²) in [6, 6.07) is 7.99. The number of benzene rings is 1. The van der Waals surface area contributed by atoms with Gasteiger partial charge in [-0.2, -0.15) is 5.21 Å². The zero-order valence-electron chi connectivity index (χ0n) is 17.6. The molecule has 1 unspecified atom stereocenters. The highest BCUT2D eigenvalue weighted by molar-refractivity contribution is 5.92. The van der Waals surface area contributed by atoms with Gasteiger partial charge in [0, 0.05) is 18.7 Å². The zero-order valence-corrected chi connectivity index (χ0v) is 17.6. The van der Waals surface area contributed by atoms with E-state index in [4.69, 9.17) is 4.98 Å². The second-order valence-electron chi connectivity index (χ2n) is 7.83. The summed E-state index contributed by atoms with van der Waals surface area (Å²) in [5, 5.41) is 14.2. The summed E-state index contributed by atoms with van der Waals surface area (Å²) >= 11 is 0. The number of para-hydroxylation sites is 2. The summed E-state index contributed by atoms with van der Waals surface area (Å²) in [6.45, 7) is 4.77. The van der Waals surface area contributed by atoms with Crippen LogP contribution in [0.25, 0.3) is 11.0 Å². The van der Waals surface area contributed by atoms with Crippen molar-refractivity contribution in [1.82, 2.24) is 35.1 Å². The van der Waals surface area contributed by atoms with Gasteiger partial charge >= 0.3 is 0 Å². The van der Waals surface area contributed by atoms with E-state index in [1.54, 1.807) is 6.08 Å². The molecular weight excluding hydrogens is 402 g/mol. The van der Waals surface area contributed by atoms with Crippen LogP contribution < -0.4 is 0 Å². The average Bonchev–Trinajstić information content (AvgIpc) is 3.51. The highest BCUT2D eigenvalue weighted by Crippen LogP contribution is 2.41. The number of carbonyl (C=O) groups excluding carboxylic acids is 1. The van der Waals surface area contributed by atoms with E-state index in [-0.39, 0.29) is 5.91 Å². The van der Waals surface area contributed by atoms with E-state index in [0.717, 1.165) is 22.6 Å². The first-order valence-electron chi connectivity index (χ1n) is 10.5. The number of nitrogens with zero attached hydrogens (tertiary/aromatic N) is 6. The molecule has 1 atom stereocenters. The monoisotopic (exact) mass is 425 g/mol. The van der Waals surface area contributed by atoms with Crippen LogP contribution >= 0.6 is 0 Å². The molecule has 0 saturated heterocycles. The van der Waals surface area contributed by atoms with Gasteiger partial charge in [-0.25, -0.2) is 4.98 Å². The van der Waals surface area contributed by atoms with E-state index in [1.807, 2.05) is 71.7 Å². The maximum Gasteiger partial charge on any atom is 0.241 e. The Kier molecular flexibility index (Phi) is 5.10. The van der Waals surface area contributed by atoms with Crippen LogP contribution in [0.15, 0.2) is 85.1 Å². The molecule has 8 nitrogen and oxygen atoms in total. The number of imidazole rings is 1. The maximum atomic E-state index is 13.6. The molecule has 5 rings (SSSR count). The first-order chi connectivity index (χ1) is 15.7. The zero-order chi connectivity index (χ0) is 22.0. The average molecular weight is 425 g/mol. The summed E-state index contributed by atoms with van der Waals surface area (Å²) < 4.78 is 2.13. The van der Waals surface area contributed by atoms with Crippen molar-refractivity contribution in [3.05, 3.63) is 96.8 Å². The molecule has 1 amide bonds. The van der Waals surface area contributed by atoms with Crippen molar-refractivity contribution >= 4 is 16.9 Å². The molecular formula is C24H23N7O. The number of aromatic nitrogens is 6. The Hall–Kier alpha value is -4.07. The lowest BCUT2D eigenvalue weighted by Crippen LogP contribution is -2.35. The van der Waals surface area contributed by atoms with Crippen LogP contribution in [-0.4, -0.2) is 41.0 Å². The molecule has 0 radical (unpaired) electrons. The number of amides is 1. The molecule has 0 fully saturated rings. The van der Waals surface area contributed by atoms with Crippen molar-refractivity contribution in [3.63, 3.8) is 0 Å². The summed E-state index contributed by atoms with van der Waals surface area (Å²) in [7, 11) is 0. The fourth-order valence-corrected chi connectivity index (χ4v) is 4.28. The molecule has 32 heavy (non-hydrogen) atoms. The second-order valence-corrected chi connectivity index (χ2v) is 7.83. The van der Waals surface area contributed by atoms with Crippen molar-refractivity contribution < 1.29 is 4.79 Å². The minimum absolute atomic E-state index is 0.0542. The van der Waals surface area contributed by atoms with Crippen molar-refractivity contribution in [2.75, 3.05) is 0 Å². The SMILES string of the molecule is C=C/C=C\C1=CC2(C=CC=CC2)C(=O)N1Cc1nc2ccccc2n1CCc1nn[nH]n1. The third kappa shape index (κ3) is 3.49. The molecule has 8 heteroatoms. The van der Waals surface area contributed by atoms with Gasteiger partial charge in [0.05, 0.1) is 23.0 Å².